The number of anilines is 2. The van der Waals surface area contributed by atoms with Gasteiger partial charge in [-0.3, -0.25) is 0 Å². The molecule has 2 saturated carbocycles. The maximum atomic E-state index is 13.0. The fourth-order valence-corrected chi connectivity index (χ4v) is 4.42. The van der Waals surface area contributed by atoms with Crippen LogP contribution in [-0.4, -0.2) is 35.3 Å². The molecule has 0 amide bonds. The molecule has 1 N–H and O–H groups in total. The molecule has 0 spiro atoms. The van der Waals surface area contributed by atoms with Crippen LogP contribution in [0.25, 0.3) is 0 Å². The molecule has 4 nitrogen and oxygen atoms in total. The van der Waals surface area contributed by atoms with Gasteiger partial charge in [0.15, 0.2) is 5.82 Å². The van der Waals surface area contributed by atoms with E-state index in [1.807, 2.05) is 11.8 Å². The van der Waals surface area contributed by atoms with Crippen LogP contribution in [-0.2, 0) is 0 Å². The predicted octanol–water partition coefficient (Wildman–Crippen LogP) is 4.66. The van der Waals surface area contributed by atoms with Crippen molar-refractivity contribution in [2.24, 2.45) is 11.8 Å². The van der Waals surface area contributed by atoms with E-state index >= 15 is 0 Å². The van der Waals surface area contributed by atoms with Gasteiger partial charge in [0, 0.05) is 19.1 Å². The summed E-state index contributed by atoms with van der Waals surface area (Å²) in [4.78, 5) is 10.2. The van der Waals surface area contributed by atoms with E-state index in [2.05, 4.69) is 37.8 Å². The van der Waals surface area contributed by atoms with Crippen LogP contribution in [0.5, 0.6) is 0 Å². The summed E-state index contributed by atoms with van der Waals surface area (Å²) >= 11 is 9.44. The third-order valence-electron chi connectivity index (χ3n) is 4.85. The second-order valence-electron chi connectivity index (χ2n) is 6.54. The lowest BCUT2D eigenvalue weighted by molar-refractivity contribution is -0.200. The van der Waals surface area contributed by atoms with Crippen molar-refractivity contribution < 1.29 is 13.2 Å². The van der Waals surface area contributed by atoms with Crippen molar-refractivity contribution in [1.29, 1.82) is 0 Å². The van der Waals surface area contributed by atoms with Gasteiger partial charge >= 0.3 is 6.18 Å². The molecule has 2 fully saturated rings. The molecule has 3 unspecified atom stereocenters. The maximum Gasteiger partial charge on any atom is 0.392 e. The molecule has 0 radical (unpaired) electrons. The van der Waals surface area contributed by atoms with Crippen LogP contribution in [0.3, 0.4) is 0 Å². The molecule has 1 aromatic heterocycles. The Morgan fingerprint density at radius 1 is 1.46 bits per heavy atom. The standard InChI is InChI=1S/C15H17BrClF3N4/c1-7(2)6-24(12-10(16)11(21-3)22-13(17)23-12)14-4-8(14)9(5-14)15(18,19)20/h8-9H,1,4-6H2,2-3H3,(H,21,22,23). The first kappa shape index (κ1) is 17.8. The average Bonchev–Trinajstić information content (AvgIpc) is 3.01. The van der Waals surface area contributed by atoms with Crippen molar-refractivity contribution in [3.63, 3.8) is 0 Å². The zero-order valence-corrected chi connectivity index (χ0v) is 15.6. The van der Waals surface area contributed by atoms with E-state index in [1.54, 1.807) is 7.05 Å². The van der Waals surface area contributed by atoms with E-state index in [9.17, 15) is 13.2 Å². The number of hydrogen-bond donors (Lipinski definition) is 1. The monoisotopic (exact) mass is 424 g/mol. The molecule has 132 valence electrons. The number of halogens is 5. The topological polar surface area (TPSA) is 41.1 Å². The first-order valence-corrected chi connectivity index (χ1v) is 8.67. The minimum Gasteiger partial charge on any atom is -0.372 e. The molecule has 3 atom stereocenters. The highest BCUT2D eigenvalue weighted by atomic mass is 79.9. The highest BCUT2D eigenvalue weighted by Gasteiger charge is 2.76. The van der Waals surface area contributed by atoms with E-state index in [4.69, 9.17) is 11.6 Å². The maximum absolute atomic E-state index is 13.0. The Kier molecular flexibility index (Phi) is 4.27. The number of nitrogens with zero attached hydrogens (tertiary/aromatic N) is 3. The minimum atomic E-state index is -4.14. The quantitative estimate of drug-likeness (QED) is 0.550. The summed E-state index contributed by atoms with van der Waals surface area (Å²) in [5.41, 5.74) is 0.336. The van der Waals surface area contributed by atoms with Crippen molar-refractivity contribution in [1.82, 2.24) is 9.97 Å². The summed E-state index contributed by atoms with van der Waals surface area (Å²) in [6, 6.07) is 0. The van der Waals surface area contributed by atoms with Crippen LogP contribution in [0.4, 0.5) is 24.8 Å². The second kappa shape index (κ2) is 5.76. The Morgan fingerprint density at radius 2 is 2.12 bits per heavy atom. The Balaban J connectivity index is 1.97. The van der Waals surface area contributed by atoms with Gasteiger partial charge in [-0.05, 0) is 53.2 Å². The van der Waals surface area contributed by atoms with E-state index in [1.165, 1.54) is 0 Å². The Labute approximate surface area is 151 Å². The van der Waals surface area contributed by atoms with Gasteiger partial charge in [0.1, 0.15) is 10.3 Å². The van der Waals surface area contributed by atoms with Crippen molar-refractivity contribution in [2.75, 3.05) is 23.8 Å². The van der Waals surface area contributed by atoms with Crippen molar-refractivity contribution in [2.45, 2.75) is 31.5 Å². The number of hydrogen-bond acceptors (Lipinski definition) is 4. The van der Waals surface area contributed by atoms with Gasteiger partial charge in [-0.15, -0.1) is 0 Å². The average molecular weight is 426 g/mol. The second-order valence-corrected chi connectivity index (χ2v) is 7.67. The zero-order chi connectivity index (χ0) is 17.9. The zero-order valence-electron chi connectivity index (χ0n) is 13.2. The fraction of sp³-hybridized carbons (Fsp3) is 0.600. The molecule has 0 bridgehead atoms. The van der Waals surface area contributed by atoms with Gasteiger partial charge in [-0.1, -0.05) is 12.2 Å². The Bertz CT molecular complexity index is 696. The van der Waals surface area contributed by atoms with Gasteiger partial charge in [0.25, 0.3) is 0 Å². The Hall–Kier alpha value is -1.02. The molecular formula is C15H17BrClF3N4. The normalized spacial score (nSPS) is 28.0. The van der Waals surface area contributed by atoms with Crippen molar-refractivity contribution in [3.05, 3.63) is 21.9 Å². The lowest BCUT2D eigenvalue weighted by Gasteiger charge is -2.44. The van der Waals surface area contributed by atoms with Crippen LogP contribution in [0, 0.1) is 11.8 Å². The van der Waals surface area contributed by atoms with Gasteiger partial charge in [-0.25, -0.2) is 0 Å². The van der Waals surface area contributed by atoms with E-state index in [-0.39, 0.29) is 11.7 Å². The van der Waals surface area contributed by atoms with Gasteiger partial charge in [0.05, 0.1) is 5.92 Å². The molecule has 1 aromatic rings. The van der Waals surface area contributed by atoms with Gasteiger partial charge in [-0.2, -0.15) is 23.1 Å². The number of nitrogens with one attached hydrogen (secondary N) is 1. The molecule has 0 aromatic carbocycles. The van der Waals surface area contributed by atoms with Crippen LogP contribution in [0.15, 0.2) is 16.6 Å². The molecule has 24 heavy (non-hydrogen) atoms. The summed E-state index contributed by atoms with van der Waals surface area (Å²) in [7, 11) is 1.69. The lowest BCUT2D eigenvalue weighted by atomic mass is 9.78. The van der Waals surface area contributed by atoms with Crippen LogP contribution < -0.4 is 10.2 Å². The highest BCUT2D eigenvalue weighted by Crippen LogP contribution is 2.71. The summed E-state index contributed by atoms with van der Waals surface area (Å²) < 4.78 is 39.7. The number of rotatable bonds is 5. The Morgan fingerprint density at radius 3 is 2.62 bits per heavy atom. The molecule has 9 heteroatoms. The van der Waals surface area contributed by atoms with Gasteiger partial charge in [0.2, 0.25) is 5.28 Å². The van der Waals surface area contributed by atoms with Gasteiger partial charge < -0.3 is 10.2 Å². The summed E-state index contributed by atoms with van der Waals surface area (Å²) in [6.07, 6.45) is -3.55. The first-order chi connectivity index (χ1) is 11.1. The summed E-state index contributed by atoms with van der Waals surface area (Å²) in [5.74, 6) is -0.622. The molecule has 3 rings (SSSR count). The van der Waals surface area contributed by atoms with Crippen LogP contribution >= 0.6 is 27.5 Å². The fourth-order valence-electron chi connectivity index (χ4n) is 3.67. The lowest BCUT2D eigenvalue weighted by Crippen LogP contribution is -2.52. The van der Waals surface area contributed by atoms with E-state index in [0.29, 0.717) is 29.1 Å². The van der Waals surface area contributed by atoms with Crippen LogP contribution in [0.1, 0.15) is 19.8 Å². The highest BCUT2D eigenvalue weighted by molar-refractivity contribution is 9.10. The molecule has 1 heterocycles. The third kappa shape index (κ3) is 2.77. The molecule has 2 aliphatic carbocycles. The summed E-state index contributed by atoms with van der Waals surface area (Å²) in [6.45, 7) is 6.17. The number of fused-ring (bicyclic) bond motifs is 1. The van der Waals surface area contributed by atoms with Crippen molar-refractivity contribution in [3.8, 4) is 0 Å². The molecule has 0 aliphatic heterocycles. The predicted molar refractivity (Wildman–Crippen MR) is 91.4 cm³/mol. The SMILES string of the molecule is C=C(C)CN(c1nc(Cl)nc(NC)c1Br)C12CC(C(F)(F)F)C1C2. The first-order valence-electron chi connectivity index (χ1n) is 7.49. The van der Waals surface area contributed by atoms with E-state index in [0.717, 1.165) is 5.57 Å². The number of alkyl halides is 3. The molecular weight excluding hydrogens is 409 g/mol. The summed E-state index contributed by atoms with van der Waals surface area (Å²) in [5, 5.41) is 2.95. The largest absolute Gasteiger partial charge is 0.392 e. The minimum absolute atomic E-state index is 0.0459. The molecule has 2 aliphatic rings. The number of aromatic nitrogens is 2. The van der Waals surface area contributed by atoms with E-state index < -0.39 is 23.6 Å². The molecule has 0 saturated heterocycles. The van der Waals surface area contributed by atoms with Crippen LogP contribution in [0.2, 0.25) is 5.28 Å². The smallest absolute Gasteiger partial charge is 0.372 e. The van der Waals surface area contributed by atoms with Crippen molar-refractivity contribution >= 4 is 39.2 Å². The third-order valence-corrected chi connectivity index (χ3v) is 5.75.